The van der Waals surface area contributed by atoms with Crippen molar-refractivity contribution in [2.45, 2.75) is 26.2 Å². The summed E-state index contributed by atoms with van der Waals surface area (Å²) in [6.45, 7) is 5.22. The molecule has 8 heteroatoms. The van der Waals surface area contributed by atoms with E-state index in [2.05, 4.69) is 4.98 Å². The molecular weight excluding hydrogens is 363 g/mol. The zero-order valence-corrected chi connectivity index (χ0v) is 16.0. The number of aryl methyl sites for hydroxylation is 1. The van der Waals surface area contributed by atoms with Gasteiger partial charge in [0.1, 0.15) is 0 Å². The van der Waals surface area contributed by atoms with Crippen molar-refractivity contribution in [2.75, 3.05) is 13.1 Å². The summed E-state index contributed by atoms with van der Waals surface area (Å²) in [5, 5.41) is 0. The van der Waals surface area contributed by atoms with Gasteiger partial charge in [-0.3, -0.25) is 4.57 Å². The summed E-state index contributed by atoms with van der Waals surface area (Å²) >= 11 is 0. The van der Waals surface area contributed by atoms with Crippen molar-refractivity contribution in [1.82, 2.24) is 19.0 Å². The Labute approximate surface area is 161 Å². The van der Waals surface area contributed by atoms with Crippen LogP contribution in [-0.2, 0) is 7.05 Å². The zero-order chi connectivity index (χ0) is 20.0. The maximum atomic E-state index is 14.4. The lowest BCUT2D eigenvalue weighted by Gasteiger charge is -2.30. The van der Waals surface area contributed by atoms with E-state index >= 15 is 0 Å². The zero-order valence-electron chi connectivity index (χ0n) is 16.0. The van der Waals surface area contributed by atoms with Gasteiger partial charge in [-0.05, 0) is 30.0 Å². The van der Waals surface area contributed by atoms with E-state index in [4.69, 9.17) is 4.74 Å². The van der Waals surface area contributed by atoms with E-state index in [1.54, 1.807) is 24.1 Å². The van der Waals surface area contributed by atoms with Gasteiger partial charge in [-0.1, -0.05) is 19.9 Å². The Morgan fingerprint density at radius 2 is 1.96 bits per heavy atom. The van der Waals surface area contributed by atoms with Crippen LogP contribution in [0.5, 0.6) is 11.6 Å². The second kappa shape index (κ2) is 6.78. The summed E-state index contributed by atoms with van der Waals surface area (Å²) in [6, 6.07) is 5.91. The molecule has 28 heavy (non-hydrogen) atoms. The largest absolute Gasteiger partial charge is 0.436 e. The van der Waals surface area contributed by atoms with E-state index < -0.39 is 11.5 Å². The van der Waals surface area contributed by atoms with Crippen molar-refractivity contribution in [2.24, 2.45) is 7.05 Å². The molecule has 1 aliphatic heterocycles. The molecule has 7 nitrogen and oxygen atoms in total. The van der Waals surface area contributed by atoms with E-state index in [1.807, 2.05) is 13.8 Å². The van der Waals surface area contributed by atoms with Crippen LogP contribution in [0, 0.1) is 5.82 Å². The number of aromatic nitrogens is 3. The first-order valence-electron chi connectivity index (χ1n) is 9.21. The number of carbonyl (C=O) groups excluding carboxylic acids is 1. The normalized spacial score (nSPS) is 13.8. The van der Waals surface area contributed by atoms with Crippen LogP contribution in [-0.4, -0.2) is 38.1 Å². The van der Waals surface area contributed by atoms with E-state index in [0.29, 0.717) is 24.1 Å². The van der Waals surface area contributed by atoms with Crippen LogP contribution >= 0.6 is 0 Å². The summed E-state index contributed by atoms with van der Waals surface area (Å²) in [5.74, 6) is -0.144. The molecule has 1 fully saturated rings. The van der Waals surface area contributed by atoms with Crippen molar-refractivity contribution >= 4 is 17.1 Å². The number of fused-ring (bicyclic) bond motifs is 1. The van der Waals surface area contributed by atoms with Crippen LogP contribution in [0.2, 0.25) is 0 Å². The molecule has 3 heterocycles. The summed E-state index contributed by atoms with van der Waals surface area (Å²) in [7, 11) is 1.58. The highest BCUT2D eigenvalue weighted by Gasteiger charge is 2.26. The molecule has 1 aromatic carbocycles. The van der Waals surface area contributed by atoms with E-state index in [1.165, 1.54) is 22.9 Å². The molecule has 1 aliphatic rings. The number of amides is 1. The highest BCUT2D eigenvalue weighted by atomic mass is 19.1. The monoisotopic (exact) mass is 384 g/mol. The standard InChI is InChI=1S/C20H21FN4O3/c1-12(2)13-5-6-17(14(21)9-13)28-18-10-15-16(11-22-18)23(3)19(26)25(15)20(27)24-7-4-8-24/h5-6,9-12H,4,7-8H2,1-3H3. The van der Waals surface area contributed by atoms with Gasteiger partial charge in [0.2, 0.25) is 5.88 Å². The minimum absolute atomic E-state index is 0.0372. The molecule has 4 rings (SSSR count). The molecule has 2 aromatic heterocycles. The first-order valence-corrected chi connectivity index (χ1v) is 9.21. The maximum absolute atomic E-state index is 14.4. The summed E-state index contributed by atoms with van der Waals surface area (Å²) < 4.78 is 22.4. The predicted octanol–water partition coefficient (Wildman–Crippen LogP) is 3.46. The number of halogens is 1. The molecule has 0 saturated carbocycles. The molecule has 0 radical (unpaired) electrons. The number of hydrogen-bond acceptors (Lipinski definition) is 4. The molecule has 1 amide bonds. The highest BCUT2D eigenvalue weighted by Crippen LogP contribution is 2.28. The number of likely N-dealkylation sites (tertiary alicyclic amines) is 1. The van der Waals surface area contributed by atoms with Gasteiger partial charge in [0.15, 0.2) is 11.6 Å². The van der Waals surface area contributed by atoms with Gasteiger partial charge in [0, 0.05) is 26.2 Å². The quantitative estimate of drug-likeness (QED) is 0.693. The molecule has 0 unspecified atom stereocenters. The van der Waals surface area contributed by atoms with Gasteiger partial charge in [0.25, 0.3) is 0 Å². The third-order valence-corrected chi connectivity index (χ3v) is 5.07. The highest BCUT2D eigenvalue weighted by molar-refractivity contribution is 5.89. The number of rotatable bonds is 3. The summed E-state index contributed by atoms with van der Waals surface area (Å²) in [4.78, 5) is 31.0. The van der Waals surface area contributed by atoms with Crippen LogP contribution in [0.25, 0.3) is 11.0 Å². The topological polar surface area (TPSA) is 69.4 Å². The Balaban J connectivity index is 1.73. The van der Waals surface area contributed by atoms with Gasteiger partial charge in [-0.2, -0.15) is 0 Å². The van der Waals surface area contributed by atoms with Crippen molar-refractivity contribution in [3.05, 3.63) is 52.3 Å². The molecule has 3 aromatic rings. The summed E-state index contributed by atoms with van der Waals surface area (Å²) in [5.41, 5.74) is 1.30. The minimum atomic E-state index is -0.491. The molecular formula is C20H21FN4O3. The number of nitrogens with zero attached hydrogens (tertiary/aromatic N) is 4. The van der Waals surface area contributed by atoms with E-state index in [-0.39, 0.29) is 23.6 Å². The molecule has 0 atom stereocenters. The number of imidazole rings is 1. The maximum Gasteiger partial charge on any atom is 0.337 e. The van der Waals surface area contributed by atoms with Crippen LogP contribution in [0.4, 0.5) is 9.18 Å². The number of ether oxygens (including phenoxy) is 1. The Morgan fingerprint density at radius 1 is 1.21 bits per heavy atom. The Bertz CT molecular complexity index is 1130. The Morgan fingerprint density at radius 3 is 2.57 bits per heavy atom. The number of carbonyl (C=O) groups is 1. The molecule has 1 saturated heterocycles. The Hall–Kier alpha value is -3.16. The molecule has 0 N–H and O–H groups in total. The molecule has 0 aliphatic carbocycles. The lowest BCUT2D eigenvalue weighted by atomic mass is 10.0. The van der Waals surface area contributed by atoms with Crippen LogP contribution in [0.3, 0.4) is 0 Å². The third kappa shape index (κ3) is 2.94. The minimum Gasteiger partial charge on any atom is -0.436 e. The number of benzene rings is 1. The van der Waals surface area contributed by atoms with Crippen LogP contribution < -0.4 is 10.4 Å². The third-order valence-electron chi connectivity index (χ3n) is 5.07. The number of pyridine rings is 1. The predicted molar refractivity (Wildman–Crippen MR) is 103 cm³/mol. The van der Waals surface area contributed by atoms with Gasteiger partial charge in [-0.15, -0.1) is 0 Å². The number of hydrogen-bond donors (Lipinski definition) is 0. The van der Waals surface area contributed by atoms with Crippen LogP contribution in [0.1, 0.15) is 31.7 Å². The van der Waals surface area contributed by atoms with Crippen molar-refractivity contribution in [3.63, 3.8) is 0 Å². The van der Waals surface area contributed by atoms with Crippen molar-refractivity contribution in [1.29, 1.82) is 0 Å². The lowest BCUT2D eigenvalue weighted by Crippen LogP contribution is -2.47. The van der Waals surface area contributed by atoms with Gasteiger partial charge in [0.05, 0.1) is 17.2 Å². The smallest absolute Gasteiger partial charge is 0.337 e. The van der Waals surface area contributed by atoms with Crippen molar-refractivity contribution in [3.8, 4) is 11.6 Å². The lowest BCUT2D eigenvalue weighted by molar-refractivity contribution is 0.169. The Kier molecular flexibility index (Phi) is 4.41. The first kappa shape index (κ1) is 18.2. The average Bonchev–Trinajstić information content (AvgIpc) is 2.85. The van der Waals surface area contributed by atoms with Crippen LogP contribution in [0.15, 0.2) is 35.3 Å². The van der Waals surface area contributed by atoms with Gasteiger partial charge < -0.3 is 9.64 Å². The second-order valence-corrected chi connectivity index (χ2v) is 7.26. The van der Waals surface area contributed by atoms with Crippen molar-refractivity contribution < 1.29 is 13.9 Å². The molecule has 0 bridgehead atoms. The fraction of sp³-hybridized carbons (Fsp3) is 0.350. The SMILES string of the molecule is CC(C)c1ccc(Oc2cc3c(cn2)n(C)c(=O)n3C(=O)N2CCC2)c(F)c1. The van der Waals surface area contributed by atoms with E-state index in [9.17, 15) is 14.0 Å². The molecule has 146 valence electrons. The summed E-state index contributed by atoms with van der Waals surface area (Å²) in [6.07, 6.45) is 2.37. The second-order valence-electron chi connectivity index (χ2n) is 7.26. The van der Waals surface area contributed by atoms with E-state index in [0.717, 1.165) is 16.6 Å². The fourth-order valence-electron chi connectivity index (χ4n) is 3.17. The van der Waals surface area contributed by atoms with Gasteiger partial charge >= 0.3 is 11.7 Å². The fourth-order valence-corrected chi connectivity index (χ4v) is 3.17. The van der Waals surface area contributed by atoms with Gasteiger partial charge in [-0.25, -0.2) is 23.5 Å². The average molecular weight is 384 g/mol. The first-order chi connectivity index (χ1) is 13.4. The molecule has 0 spiro atoms.